The number of para-hydroxylation sites is 1. The molecular formula is C21H22N2O3. The van der Waals surface area contributed by atoms with Crippen LogP contribution in [0.2, 0.25) is 0 Å². The number of nitrogens with one attached hydrogen (secondary N) is 1. The number of aliphatic hydroxyl groups is 1. The Morgan fingerprint density at radius 1 is 1.12 bits per heavy atom. The van der Waals surface area contributed by atoms with Gasteiger partial charge in [0.25, 0.3) is 5.91 Å². The number of hydrogen-bond donors (Lipinski definition) is 2. The third-order valence-corrected chi connectivity index (χ3v) is 4.83. The zero-order valence-electron chi connectivity index (χ0n) is 15.2. The Morgan fingerprint density at radius 2 is 1.77 bits per heavy atom. The van der Waals surface area contributed by atoms with E-state index < -0.39 is 5.91 Å². The molecule has 0 spiro atoms. The normalized spacial score (nSPS) is 14.1. The number of carbonyl (C=O) groups excluding carboxylic acids is 2. The van der Waals surface area contributed by atoms with E-state index in [1.807, 2.05) is 38.1 Å². The minimum atomic E-state index is -0.445. The van der Waals surface area contributed by atoms with Gasteiger partial charge in [-0.2, -0.15) is 0 Å². The van der Waals surface area contributed by atoms with Gasteiger partial charge in [-0.05, 0) is 42.7 Å². The van der Waals surface area contributed by atoms with Crippen LogP contribution >= 0.6 is 0 Å². The summed E-state index contributed by atoms with van der Waals surface area (Å²) in [6.45, 7) is 4.42. The van der Waals surface area contributed by atoms with Gasteiger partial charge in [0, 0.05) is 12.6 Å². The molecule has 2 aromatic carbocycles. The summed E-state index contributed by atoms with van der Waals surface area (Å²) in [7, 11) is 1.48. The van der Waals surface area contributed by atoms with E-state index in [1.54, 1.807) is 23.1 Å². The van der Waals surface area contributed by atoms with E-state index in [4.69, 9.17) is 0 Å². The molecule has 3 rings (SSSR count). The van der Waals surface area contributed by atoms with Crippen LogP contribution in [0, 0.1) is 13.8 Å². The SMILES string of the molecule is CNC(=O)C1=C(O)c2ccccc2N(Cc2c(C)cccc2C)C(=O)C1. The van der Waals surface area contributed by atoms with Crippen LogP contribution < -0.4 is 10.2 Å². The van der Waals surface area contributed by atoms with Crippen LogP contribution in [-0.2, 0) is 16.1 Å². The molecular weight excluding hydrogens is 328 g/mol. The lowest BCUT2D eigenvalue weighted by molar-refractivity contribution is -0.121. The maximum absolute atomic E-state index is 13.0. The van der Waals surface area contributed by atoms with Crippen LogP contribution in [0.1, 0.15) is 28.7 Å². The Balaban J connectivity index is 2.11. The predicted molar refractivity (Wildman–Crippen MR) is 102 cm³/mol. The van der Waals surface area contributed by atoms with Crippen molar-refractivity contribution in [2.24, 2.45) is 0 Å². The predicted octanol–water partition coefficient (Wildman–Crippen LogP) is 3.26. The second kappa shape index (κ2) is 7.04. The molecule has 2 N–H and O–H groups in total. The van der Waals surface area contributed by atoms with Gasteiger partial charge in [0.1, 0.15) is 5.76 Å². The quantitative estimate of drug-likeness (QED) is 0.893. The highest BCUT2D eigenvalue weighted by atomic mass is 16.3. The number of likely N-dealkylation sites (N-methyl/N-ethyl adjacent to an activating group) is 1. The van der Waals surface area contributed by atoms with E-state index in [0.717, 1.165) is 16.7 Å². The van der Waals surface area contributed by atoms with Gasteiger partial charge in [-0.3, -0.25) is 9.59 Å². The van der Waals surface area contributed by atoms with Crippen LogP contribution in [-0.4, -0.2) is 24.0 Å². The van der Waals surface area contributed by atoms with Gasteiger partial charge in [0.15, 0.2) is 0 Å². The molecule has 134 valence electrons. The molecule has 0 saturated heterocycles. The number of aryl methyl sites for hydroxylation is 2. The minimum Gasteiger partial charge on any atom is -0.507 e. The molecule has 0 atom stereocenters. The van der Waals surface area contributed by atoms with E-state index in [-0.39, 0.29) is 23.7 Å². The average molecular weight is 350 g/mol. The molecule has 1 aliphatic heterocycles. The molecule has 0 aliphatic carbocycles. The Kier molecular flexibility index (Phi) is 4.80. The highest BCUT2D eigenvalue weighted by Gasteiger charge is 2.30. The van der Waals surface area contributed by atoms with E-state index in [0.29, 0.717) is 17.8 Å². The van der Waals surface area contributed by atoms with Crippen LogP contribution in [0.4, 0.5) is 5.69 Å². The molecule has 0 fully saturated rings. The summed E-state index contributed by atoms with van der Waals surface area (Å²) in [5.74, 6) is -0.806. The lowest BCUT2D eigenvalue weighted by atomic mass is 10.0. The molecule has 2 amide bonds. The molecule has 5 heteroatoms. The second-order valence-electron chi connectivity index (χ2n) is 6.45. The standard InChI is InChI=1S/C21H22N2O3/c1-13-7-6-8-14(2)17(13)12-23-18-10-5-4-9-15(18)20(25)16(11-19(23)24)21(26)22-3/h4-10,25H,11-12H2,1-3H3,(H,22,26). The molecule has 0 bridgehead atoms. The van der Waals surface area contributed by atoms with Crippen LogP contribution in [0.3, 0.4) is 0 Å². The number of amides is 2. The number of aliphatic hydroxyl groups excluding tert-OH is 1. The fourth-order valence-electron chi connectivity index (χ4n) is 3.31. The van der Waals surface area contributed by atoms with E-state index in [2.05, 4.69) is 5.32 Å². The van der Waals surface area contributed by atoms with Crippen LogP contribution in [0.5, 0.6) is 0 Å². The first-order valence-corrected chi connectivity index (χ1v) is 8.53. The zero-order chi connectivity index (χ0) is 18.8. The zero-order valence-corrected chi connectivity index (χ0v) is 15.2. The van der Waals surface area contributed by atoms with Gasteiger partial charge in [-0.25, -0.2) is 0 Å². The van der Waals surface area contributed by atoms with Crippen molar-refractivity contribution in [3.63, 3.8) is 0 Å². The number of hydrogen-bond acceptors (Lipinski definition) is 3. The number of fused-ring (bicyclic) bond motifs is 1. The lowest BCUT2D eigenvalue weighted by Crippen LogP contribution is -2.32. The highest BCUT2D eigenvalue weighted by molar-refractivity contribution is 6.10. The van der Waals surface area contributed by atoms with E-state index in [1.165, 1.54) is 7.05 Å². The topological polar surface area (TPSA) is 69.6 Å². The number of nitrogens with zero attached hydrogens (tertiary/aromatic N) is 1. The maximum atomic E-state index is 13.0. The third-order valence-electron chi connectivity index (χ3n) is 4.83. The summed E-state index contributed by atoms with van der Waals surface area (Å²) in [6.07, 6.45) is -0.148. The fraction of sp³-hybridized carbons (Fsp3) is 0.238. The minimum absolute atomic E-state index is 0.0916. The van der Waals surface area contributed by atoms with E-state index in [9.17, 15) is 14.7 Å². The number of carbonyl (C=O) groups is 2. The van der Waals surface area contributed by atoms with Crippen molar-refractivity contribution < 1.29 is 14.7 Å². The molecule has 2 aromatic rings. The summed E-state index contributed by atoms with van der Waals surface area (Å²) in [4.78, 5) is 26.8. The smallest absolute Gasteiger partial charge is 0.251 e. The lowest BCUT2D eigenvalue weighted by Gasteiger charge is -2.25. The summed E-state index contributed by atoms with van der Waals surface area (Å²) in [6, 6.07) is 13.1. The van der Waals surface area contributed by atoms with Crippen molar-refractivity contribution in [3.8, 4) is 0 Å². The summed E-state index contributed by atoms with van der Waals surface area (Å²) < 4.78 is 0. The maximum Gasteiger partial charge on any atom is 0.251 e. The molecule has 1 heterocycles. The molecule has 0 saturated carbocycles. The summed E-state index contributed by atoms with van der Waals surface area (Å²) in [5.41, 5.74) is 4.46. The average Bonchev–Trinajstić information content (AvgIpc) is 2.74. The van der Waals surface area contributed by atoms with Crippen molar-refractivity contribution in [1.29, 1.82) is 0 Å². The van der Waals surface area contributed by atoms with Gasteiger partial charge in [-0.1, -0.05) is 30.3 Å². The Morgan fingerprint density at radius 3 is 2.42 bits per heavy atom. The number of anilines is 1. The van der Waals surface area contributed by atoms with E-state index >= 15 is 0 Å². The van der Waals surface area contributed by atoms with Crippen LogP contribution in [0.15, 0.2) is 48.0 Å². The van der Waals surface area contributed by atoms with Crippen LogP contribution in [0.25, 0.3) is 5.76 Å². The first-order chi connectivity index (χ1) is 12.4. The van der Waals surface area contributed by atoms with Gasteiger partial charge in [0.05, 0.1) is 24.2 Å². The second-order valence-corrected chi connectivity index (χ2v) is 6.45. The first-order valence-electron chi connectivity index (χ1n) is 8.53. The molecule has 5 nitrogen and oxygen atoms in total. The molecule has 1 aliphatic rings. The summed E-state index contributed by atoms with van der Waals surface area (Å²) >= 11 is 0. The van der Waals surface area contributed by atoms with Crippen molar-refractivity contribution in [2.45, 2.75) is 26.8 Å². The first kappa shape index (κ1) is 17.7. The Bertz CT molecular complexity index is 895. The van der Waals surface area contributed by atoms with Gasteiger partial charge in [0.2, 0.25) is 5.91 Å². The Hall–Kier alpha value is -3.08. The van der Waals surface area contributed by atoms with Crippen molar-refractivity contribution >= 4 is 23.3 Å². The van der Waals surface area contributed by atoms with Crippen molar-refractivity contribution in [1.82, 2.24) is 5.32 Å². The highest BCUT2D eigenvalue weighted by Crippen LogP contribution is 2.34. The van der Waals surface area contributed by atoms with Gasteiger partial charge < -0.3 is 15.3 Å². The van der Waals surface area contributed by atoms with Gasteiger partial charge >= 0.3 is 0 Å². The largest absolute Gasteiger partial charge is 0.507 e. The number of rotatable bonds is 3. The molecule has 0 radical (unpaired) electrons. The summed E-state index contributed by atoms with van der Waals surface area (Å²) in [5, 5.41) is 13.2. The molecule has 0 unspecified atom stereocenters. The Labute approximate surface area is 153 Å². The van der Waals surface area contributed by atoms with Gasteiger partial charge in [-0.15, -0.1) is 0 Å². The third kappa shape index (κ3) is 3.08. The van der Waals surface area contributed by atoms with Crippen molar-refractivity contribution in [3.05, 3.63) is 70.3 Å². The molecule has 26 heavy (non-hydrogen) atoms. The fourth-order valence-corrected chi connectivity index (χ4v) is 3.31. The number of benzene rings is 2. The monoisotopic (exact) mass is 350 g/mol. The molecule has 0 aromatic heterocycles. The van der Waals surface area contributed by atoms with Crippen molar-refractivity contribution in [2.75, 3.05) is 11.9 Å².